The Morgan fingerprint density at radius 3 is 2.14 bits per heavy atom. The summed E-state index contributed by atoms with van der Waals surface area (Å²) in [6.45, 7) is 3.20. The van der Waals surface area contributed by atoms with Crippen LogP contribution in [0.25, 0.3) is 17.0 Å². The first kappa shape index (κ1) is 39.1. The number of fused-ring (bicyclic) bond motifs is 1. The molecule has 1 saturated carbocycles. The molecule has 1 unspecified atom stereocenters. The van der Waals surface area contributed by atoms with Crippen LogP contribution in [0.5, 0.6) is 0 Å². The van der Waals surface area contributed by atoms with Gasteiger partial charge in [0.25, 0.3) is 11.9 Å². The van der Waals surface area contributed by atoms with Crippen molar-refractivity contribution in [3.63, 3.8) is 0 Å². The van der Waals surface area contributed by atoms with E-state index in [0.717, 1.165) is 12.8 Å². The van der Waals surface area contributed by atoms with E-state index in [1.54, 1.807) is 4.57 Å². The molecule has 3 heterocycles. The van der Waals surface area contributed by atoms with E-state index in [1.165, 1.54) is 112 Å². The Labute approximate surface area is 288 Å². The first-order chi connectivity index (χ1) is 23.6. The van der Waals surface area contributed by atoms with Crippen molar-refractivity contribution in [2.24, 2.45) is 11.8 Å². The van der Waals surface area contributed by atoms with E-state index in [0.29, 0.717) is 36.6 Å². The van der Waals surface area contributed by atoms with Crippen molar-refractivity contribution >= 4 is 24.7 Å². The number of alkyl halides is 2. The van der Waals surface area contributed by atoms with E-state index in [-0.39, 0.29) is 30.9 Å². The van der Waals surface area contributed by atoms with Crippen LogP contribution in [0.4, 0.5) is 14.7 Å². The molecule has 0 amide bonds. The second-order valence-corrected chi connectivity index (χ2v) is 15.3. The lowest BCUT2D eigenvalue weighted by Crippen LogP contribution is -2.35. The van der Waals surface area contributed by atoms with Crippen LogP contribution >= 0.6 is 7.60 Å². The molecule has 3 aromatic heterocycles. The molecular formula is C35H55F2N6O5P. The summed E-state index contributed by atoms with van der Waals surface area (Å²) in [5, 5.41) is 0. The van der Waals surface area contributed by atoms with Gasteiger partial charge in [-0.3, -0.25) is 9.78 Å². The second-order valence-electron chi connectivity index (χ2n) is 13.4. The van der Waals surface area contributed by atoms with Gasteiger partial charge in [-0.2, -0.15) is 4.98 Å². The number of nitrogens with two attached hydrogens (primary N) is 1. The summed E-state index contributed by atoms with van der Waals surface area (Å²) in [7, 11) is -4.26. The summed E-state index contributed by atoms with van der Waals surface area (Å²) in [5.41, 5.74) is 6.52. The van der Waals surface area contributed by atoms with Crippen molar-refractivity contribution in [2.75, 3.05) is 31.7 Å². The predicted molar refractivity (Wildman–Crippen MR) is 185 cm³/mol. The van der Waals surface area contributed by atoms with E-state index in [9.17, 15) is 23.0 Å². The summed E-state index contributed by atoms with van der Waals surface area (Å²) >= 11 is 0. The standard InChI is InChI=1S/C35H55F2N6O5P/c1-2-3-4-5-6-7-8-9-10-11-12-13-14-15-22-47-23-16-24-48-49(45,46)25-19-29-30(35(29,36)37)26-43-27-39-31-32(40-34(38)41-33(31)43)42-20-17-28(44)18-21-42/h17-18,20-21,27,29-30H,2-16,19,22-26H2,1H3,(H3,38,40,41,45,46)/t29-,30+/m0/s1. The Morgan fingerprint density at radius 2 is 1.51 bits per heavy atom. The SMILES string of the molecule is CCCCCCCCCCCCCCCCOCCCOP(=O)([O-])CC[C@H]1[C@@H](C[n+]2c[nH]c3c(-n4ccc(=O)cc4)nc(N)nc32)C1(F)F. The van der Waals surface area contributed by atoms with E-state index in [4.69, 9.17) is 15.0 Å². The number of rotatable bonds is 26. The van der Waals surface area contributed by atoms with Gasteiger partial charge in [0.15, 0.2) is 17.6 Å². The number of anilines is 1. The minimum Gasteiger partial charge on any atom is -0.778 e. The maximum absolute atomic E-state index is 14.8. The molecule has 3 aromatic rings. The highest BCUT2D eigenvalue weighted by atomic mass is 31.2. The van der Waals surface area contributed by atoms with Crippen molar-refractivity contribution in [3.05, 3.63) is 41.1 Å². The van der Waals surface area contributed by atoms with Gasteiger partial charge in [-0.15, -0.1) is 0 Å². The van der Waals surface area contributed by atoms with Gasteiger partial charge in [0.1, 0.15) is 7.60 Å². The minimum atomic E-state index is -4.26. The molecule has 4 rings (SSSR count). The van der Waals surface area contributed by atoms with Crippen LogP contribution in [0, 0.1) is 11.8 Å². The fourth-order valence-corrected chi connectivity index (χ4v) is 7.55. The van der Waals surface area contributed by atoms with Crippen LogP contribution in [0.2, 0.25) is 0 Å². The molecule has 0 radical (unpaired) electrons. The number of nitrogen functional groups attached to an aromatic ring is 1. The molecule has 1 aliphatic rings. The van der Waals surface area contributed by atoms with E-state index >= 15 is 0 Å². The third-order valence-electron chi connectivity index (χ3n) is 9.40. The summed E-state index contributed by atoms with van der Waals surface area (Å²) < 4.78 is 55.8. The number of unbranched alkanes of at least 4 members (excludes halogenated alkanes) is 13. The van der Waals surface area contributed by atoms with Crippen LogP contribution in [-0.2, 0) is 20.4 Å². The maximum Gasteiger partial charge on any atom is 0.309 e. The fraction of sp³-hybridized carbons (Fsp3) is 0.714. The van der Waals surface area contributed by atoms with Crippen molar-refractivity contribution in [1.29, 1.82) is 0 Å². The molecule has 0 saturated heterocycles. The van der Waals surface area contributed by atoms with Crippen LogP contribution in [0.1, 0.15) is 110 Å². The smallest absolute Gasteiger partial charge is 0.309 e. The summed E-state index contributed by atoms with van der Waals surface area (Å²) in [4.78, 5) is 35.4. The highest BCUT2D eigenvalue weighted by Gasteiger charge is 2.68. The topological polar surface area (TPSA) is 152 Å². The number of nitrogens with zero attached hydrogens (tertiary/aromatic N) is 4. The highest BCUT2D eigenvalue weighted by Crippen LogP contribution is 2.59. The largest absolute Gasteiger partial charge is 0.778 e. The lowest BCUT2D eigenvalue weighted by Gasteiger charge is -2.23. The molecule has 14 heteroatoms. The van der Waals surface area contributed by atoms with Crippen molar-refractivity contribution < 1.29 is 32.1 Å². The number of pyridine rings is 1. The zero-order chi connectivity index (χ0) is 35.1. The fourth-order valence-electron chi connectivity index (χ4n) is 6.42. The quantitative estimate of drug-likeness (QED) is 0.0531. The summed E-state index contributed by atoms with van der Waals surface area (Å²) in [6.07, 6.45) is 22.5. The van der Waals surface area contributed by atoms with Crippen LogP contribution in [-0.4, -0.2) is 51.4 Å². The molecule has 0 aromatic carbocycles. The number of ether oxygens (including phenoxy) is 1. The molecule has 0 bridgehead atoms. The molecule has 3 N–H and O–H groups in total. The zero-order valence-electron chi connectivity index (χ0n) is 29.0. The van der Waals surface area contributed by atoms with Gasteiger partial charge < -0.3 is 29.0 Å². The lowest BCUT2D eigenvalue weighted by molar-refractivity contribution is -0.677. The minimum absolute atomic E-state index is 0.0196. The Bertz CT molecular complexity index is 1520. The Morgan fingerprint density at radius 1 is 0.918 bits per heavy atom. The normalized spacial score (nSPS) is 18.2. The number of hydrogen-bond acceptors (Lipinski definition) is 8. The highest BCUT2D eigenvalue weighted by molar-refractivity contribution is 7.51. The average Bonchev–Trinajstić information content (AvgIpc) is 3.35. The van der Waals surface area contributed by atoms with Crippen LogP contribution < -0.4 is 20.6 Å². The summed E-state index contributed by atoms with van der Waals surface area (Å²) in [5.74, 6) is -4.87. The monoisotopic (exact) mass is 708 g/mol. The van der Waals surface area contributed by atoms with Gasteiger partial charge in [-0.25, -0.2) is 13.3 Å². The van der Waals surface area contributed by atoms with E-state index in [2.05, 4.69) is 21.9 Å². The molecule has 1 fully saturated rings. The van der Waals surface area contributed by atoms with Gasteiger partial charge in [0, 0.05) is 49.8 Å². The first-order valence-corrected chi connectivity index (χ1v) is 20.0. The first-order valence-electron chi connectivity index (χ1n) is 18.3. The number of halogens is 2. The van der Waals surface area contributed by atoms with Crippen LogP contribution in [0.3, 0.4) is 0 Å². The van der Waals surface area contributed by atoms with Gasteiger partial charge in [0.2, 0.25) is 5.52 Å². The number of hydrogen-bond donors (Lipinski definition) is 2. The van der Waals surface area contributed by atoms with Crippen molar-refractivity contribution in [2.45, 2.75) is 122 Å². The molecule has 11 nitrogen and oxygen atoms in total. The second kappa shape index (κ2) is 19.6. The third-order valence-corrected chi connectivity index (χ3v) is 10.8. The van der Waals surface area contributed by atoms with Gasteiger partial charge >= 0.3 is 5.65 Å². The predicted octanol–water partition coefficient (Wildman–Crippen LogP) is 6.71. The molecular weight excluding hydrogens is 653 g/mol. The summed E-state index contributed by atoms with van der Waals surface area (Å²) in [6, 6.07) is 2.73. The van der Waals surface area contributed by atoms with E-state index < -0.39 is 31.5 Å². The number of nitrogens with one attached hydrogen (secondary N) is 1. The van der Waals surface area contributed by atoms with Gasteiger partial charge in [-0.05, 0) is 19.3 Å². The van der Waals surface area contributed by atoms with Crippen molar-refractivity contribution in [1.82, 2.24) is 19.5 Å². The Kier molecular flexibility index (Phi) is 15.6. The van der Waals surface area contributed by atoms with Crippen molar-refractivity contribution in [3.8, 4) is 5.82 Å². The lowest BCUT2D eigenvalue weighted by atomic mass is 10.0. The number of aromatic amines is 1. The molecule has 49 heavy (non-hydrogen) atoms. The Balaban J connectivity index is 1.05. The third kappa shape index (κ3) is 12.5. The molecule has 0 aliphatic heterocycles. The molecule has 274 valence electrons. The number of imidazole rings is 1. The molecule has 0 spiro atoms. The molecule has 1 aliphatic carbocycles. The van der Waals surface area contributed by atoms with Gasteiger partial charge in [-0.1, -0.05) is 95.4 Å². The van der Waals surface area contributed by atoms with Gasteiger partial charge in [0.05, 0.1) is 19.1 Å². The number of H-pyrrole nitrogens is 1. The van der Waals surface area contributed by atoms with Crippen LogP contribution in [0.15, 0.2) is 35.6 Å². The van der Waals surface area contributed by atoms with E-state index in [1.807, 2.05) is 0 Å². The molecule has 3 atom stereocenters. The maximum atomic E-state index is 14.8. The zero-order valence-corrected chi connectivity index (χ0v) is 29.9. The Hall–Kier alpha value is -2.73. The number of aromatic nitrogens is 5. The average molecular weight is 709 g/mol.